The average molecular weight is 393 g/mol. The van der Waals surface area contributed by atoms with Gasteiger partial charge in [0.1, 0.15) is 17.7 Å². The highest BCUT2D eigenvalue weighted by atomic mass is 19.1. The number of nitrogens with zero attached hydrogens (tertiary/aromatic N) is 2. The summed E-state index contributed by atoms with van der Waals surface area (Å²) in [6.07, 6.45) is 2.17. The highest BCUT2D eigenvalue weighted by Crippen LogP contribution is 2.38. The fourth-order valence-electron chi connectivity index (χ4n) is 4.62. The molecule has 3 atom stereocenters. The molecular formula is C20H25F2N3O3. The van der Waals surface area contributed by atoms with Crippen molar-refractivity contribution in [3.8, 4) is 0 Å². The van der Waals surface area contributed by atoms with E-state index in [2.05, 4.69) is 4.90 Å². The summed E-state index contributed by atoms with van der Waals surface area (Å²) in [5, 5.41) is 0. The molecule has 1 fully saturated rings. The highest BCUT2D eigenvalue weighted by Gasteiger charge is 2.40. The van der Waals surface area contributed by atoms with Crippen molar-refractivity contribution in [3.05, 3.63) is 46.8 Å². The molecule has 0 spiro atoms. The molecule has 4 rings (SSSR count). The third kappa shape index (κ3) is 3.35. The van der Waals surface area contributed by atoms with Crippen molar-refractivity contribution in [3.63, 3.8) is 0 Å². The maximum absolute atomic E-state index is 14.1. The quantitative estimate of drug-likeness (QED) is 0.837. The van der Waals surface area contributed by atoms with Gasteiger partial charge in [-0.05, 0) is 37.5 Å². The minimum absolute atomic E-state index is 0.0490. The standard InChI is InChI=1S/C20H25F2N3O3/c1-27-20(26)25-7-2-3-17-18(25)6-8-24(17)13-10-16(23)19(28-11-13)14-9-12(21)4-5-15(14)22/h4-5,9,13,16,19H,2-3,6-8,10-11,23H2,1H3/t13-,16+,19-/m1/s1. The van der Waals surface area contributed by atoms with Crippen molar-refractivity contribution < 1.29 is 23.0 Å². The van der Waals surface area contributed by atoms with Gasteiger partial charge in [0.15, 0.2) is 0 Å². The van der Waals surface area contributed by atoms with Crippen molar-refractivity contribution >= 4 is 6.09 Å². The molecule has 6 nitrogen and oxygen atoms in total. The van der Waals surface area contributed by atoms with Gasteiger partial charge in [0.2, 0.25) is 0 Å². The van der Waals surface area contributed by atoms with Crippen LogP contribution in [0.5, 0.6) is 0 Å². The van der Waals surface area contributed by atoms with Crippen LogP contribution in [-0.2, 0) is 9.47 Å². The number of hydrogen-bond donors (Lipinski definition) is 1. The summed E-state index contributed by atoms with van der Waals surface area (Å²) in [7, 11) is 1.39. The molecule has 2 N–H and O–H groups in total. The average Bonchev–Trinajstić information content (AvgIpc) is 3.13. The van der Waals surface area contributed by atoms with Gasteiger partial charge in [0, 0.05) is 42.5 Å². The van der Waals surface area contributed by atoms with Gasteiger partial charge in [0.25, 0.3) is 0 Å². The second kappa shape index (κ2) is 7.67. The van der Waals surface area contributed by atoms with Crippen LogP contribution in [-0.4, -0.2) is 54.8 Å². The van der Waals surface area contributed by atoms with E-state index in [0.717, 1.165) is 55.4 Å². The second-order valence-electron chi connectivity index (χ2n) is 7.54. The predicted octanol–water partition coefficient (Wildman–Crippen LogP) is 2.90. The van der Waals surface area contributed by atoms with Crippen LogP contribution in [0.1, 0.15) is 37.4 Å². The van der Waals surface area contributed by atoms with Crippen LogP contribution >= 0.6 is 0 Å². The molecule has 3 aliphatic heterocycles. The van der Waals surface area contributed by atoms with Crippen molar-refractivity contribution in [1.29, 1.82) is 0 Å². The van der Waals surface area contributed by atoms with Gasteiger partial charge >= 0.3 is 6.09 Å². The van der Waals surface area contributed by atoms with Gasteiger partial charge < -0.3 is 20.1 Å². The van der Waals surface area contributed by atoms with E-state index in [4.69, 9.17) is 15.2 Å². The Kier molecular flexibility index (Phi) is 5.25. The molecule has 1 saturated heterocycles. The largest absolute Gasteiger partial charge is 0.452 e. The molecule has 8 heteroatoms. The summed E-state index contributed by atoms with van der Waals surface area (Å²) in [6, 6.07) is 2.96. The minimum Gasteiger partial charge on any atom is -0.452 e. The van der Waals surface area contributed by atoms with Crippen LogP contribution < -0.4 is 5.73 Å². The molecule has 152 valence electrons. The summed E-state index contributed by atoms with van der Waals surface area (Å²) in [5.74, 6) is -1.01. The molecule has 3 heterocycles. The van der Waals surface area contributed by atoms with E-state index in [9.17, 15) is 13.6 Å². The first kappa shape index (κ1) is 19.1. The van der Waals surface area contributed by atoms with Crippen LogP contribution in [0.15, 0.2) is 29.6 Å². The maximum Gasteiger partial charge on any atom is 0.413 e. The zero-order valence-corrected chi connectivity index (χ0v) is 15.9. The normalized spacial score (nSPS) is 27.8. The lowest BCUT2D eigenvalue weighted by Gasteiger charge is -2.41. The Morgan fingerprint density at radius 1 is 1.25 bits per heavy atom. The zero-order valence-electron chi connectivity index (χ0n) is 15.9. The SMILES string of the molecule is COC(=O)N1CCCC2=C1CCN2[C@H]1CO[C@H](c2cc(F)ccc2F)[C@@H](N)C1. The molecule has 1 aromatic rings. The molecule has 3 aliphatic rings. The van der Waals surface area contributed by atoms with Gasteiger partial charge in [-0.25, -0.2) is 13.6 Å². The first-order valence-electron chi connectivity index (χ1n) is 9.66. The van der Waals surface area contributed by atoms with Crippen LogP contribution in [0.2, 0.25) is 0 Å². The van der Waals surface area contributed by atoms with E-state index in [1.807, 2.05) is 0 Å². The number of hydrogen-bond acceptors (Lipinski definition) is 5. The predicted molar refractivity (Wildman–Crippen MR) is 98.1 cm³/mol. The van der Waals surface area contributed by atoms with E-state index < -0.39 is 23.8 Å². The summed E-state index contributed by atoms with van der Waals surface area (Å²) >= 11 is 0. The number of carbonyl (C=O) groups excluding carboxylic acids is 1. The number of benzene rings is 1. The number of ether oxygens (including phenoxy) is 2. The summed E-state index contributed by atoms with van der Waals surface area (Å²) in [4.78, 5) is 16.0. The summed E-state index contributed by atoms with van der Waals surface area (Å²) < 4.78 is 38.5. The number of carbonyl (C=O) groups is 1. The van der Waals surface area contributed by atoms with Gasteiger partial charge in [0.05, 0.1) is 19.8 Å². The first-order chi connectivity index (χ1) is 13.5. The van der Waals surface area contributed by atoms with Gasteiger partial charge in [-0.1, -0.05) is 0 Å². The van der Waals surface area contributed by atoms with Gasteiger partial charge in [-0.2, -0.15) is 0 Å². The maximum atomic E-state index is 14.1. The molecule has 1 amide bonds. The highest BCUT2D eigenvalue weighted by molar-refractivity contribution is 5.70. The van der Waals surface area contributed by atoms with Gasteiger partial charge in [-0.3, -0.25) is 4.90 Å². The smallest absolute Gasteiger partial charge is 0.413 e. The fraction of sp³-hybridized carbons (Fsp3) is 0.550. The molecule has 28 heavy (non-hydrogen) atoms. The molecule has 0 aromatic heterocycles. The van der Waals surface area contributed by atoms with E-state index in [-0.39, 0.29) is 17.7 Å². The molecule has 0 bridgehead atoms. The Morgan fingerprint density at radius 2 is 2.07 bits per heavy atom. The van der Waals surface area contributed by atoms with E-state index >= 15 is 0 Å². The van der Waals surface area contributed by atoms with Crippen molar-refractivity contribution in [1.82, 2.24) is 9.80 Å². The molecular weight excluding hydrogens is 368 g/mol. The number of amides is 1. The number of rotatable bonds is 2. The fourth-order valence-corrected chi connectivity index (χ4v) is 4.62. The molecule has 0 aliphatic carbocycles. The first-order valence-corrected chi connectivity index (χ1v) is 9.66. The van der Waals surface area contributed by atoms with Crippen molar-refractivity contribution in [2.75, 3.05) is 26.8 Å². The van der Waals surface area contributed by atoms with E-state index in [1.54, 1.807) is 4.90 Å². The van der Waals surface area contributed by atoms with Crippen LogP contribution in [0.25, 0.3) is 0 Å². The molecule has 0 unspecified atom stereocenters. The second-order valence-corrected chi connectivity index (χ2v) is 7.54. The van der Waals surface area contributed by atoms with Crippen molar-refractivity contribution in [2.45, 2.75) is 43.9 Å². The number of halogens is 2. The third-order valence-corrected chi connectivity index (χ3v) is 5.89. The third-order valence-electron chi connectivity index (χ3n) is 5.89. The molecule has 0 saturated carbocycles. The van der Waals surface area contributed by atoms with Crippen LogP contribution in [0.4, 0.5) is 13.6 Å². The Labute approximate surface area is 162 Å². The molecule has 0 radical (unpaired) electrons. The molecule has 1 aromatic carbocycles. The Hall–Kier alpha value is -2.19. The number of methoxy groups -OCH3 is 1. The Bertz CT molecular complexity index is 801. The van der Waals surface area contributed by atoms with Gasteiger partial charge in [-0.15, -0.1) is 0 Å². The Morgan fingerprint density at radius 3 is 2.82 bits per heavy atom. The number of allylic oxidation sites excluding steroid dienone is 1. The lowest BCUT2D eigenvalue weighted by atomic mass is 9.93. The van der Waals surface area contributed by atoms with Crippen molar-refractivity contribution in [2.24, 2.45) is 5.73 Å². The summed E-state index contributed by atoms with van der Waals surface area (Å²) in [5.41, 5.74) is 8.64. The topological polar surface area (TPSA) is 68.0 Å². The minimum atomic E-state index is -0.666. The lowest BCUT2D eigenvalue weighted by Crippen LogP contribution is -2.48. The summed E-state index contributed by atoms with van der Waals surface area (Å²) in [6.45, 7) is 1.84. The monoisotopic (exact) mass is 393 g/mol. The number of nitrogens with two attached hydrogens (primary N) is 1. The van der Waals surface area contributed by atoms with Crippen LogP contribution in [0.3, 0.4) is 0 Å². The zero-order chi connectivity index (χ0) is 19.8. The lowest BCUT2D eigenvalue weighted by molar-refractivity contribution is -0.0435. The van der Waals surface area contributed by atoms with E-state index in [0.29, 0.717) is 19.6 Å². The Balaban J connectivity index is 1.50. The van der Waals surface area contributed by atoms with E-state index in [1.165, 1.54) is 7.11 Å². The van der Waals surface area contributed by atoms with Crippen LogP contribution in [0, 0.1) is 11.6 Å².